The van der Waals surface area contributed by atoms with Crippen LogP contribution in [0.25, 0.3) is 5.65 Å². The van der Waals surface area contributed by atoms with Gasteiger partial charge in [0.2, 0.25) is 0 Å². The second kappa shape index (κ2) is 3.65. The molecule has 0 aliphatic heterocycles. The summed E-state index contributed by atoms with van der Waals surface area (Å²) in [5, 5.41) is 8.62. The third-order valence-corrected chi connectivity index (χ3v) is 2.18. The Bertz CT molecular complexity index is 618. The van der Waals surface area contributed by atoms with E-state index in [9.17, 15) is 9.59 Å². The van der Waals surface area contributed by atoms with Gasteiger partial charge in [-0.15, -0.1) is 0 Å². The Hall–Kier alpha value is -2.37. The van der Waals surface area contributed by atoms with Crippen molar-refractivity contribution in [1.29, 1.82) is 0 Å². The summed E-state index contributed by atoms with van der Waals surface area (Å²) in [5.41, 5.74) is 6.08. The molecule has 0 atom stereocenters. The number of nitrogen functional groups attached to an aromatic ring is 1. The average molecular weight is 219 g/mol. The molecule has 0 fully saturated rings. The summed E-state index contributed by atoms with van der Waals surface area (Å²) in [7, 11) is 0. The molecular weight excluding hydrogens is 210 g/mol. The first-order valence-corrected chi connectivity index (χ1v) is 4.56. The molecule has 2 heterocycles. The minimum Gasteiger partial charge on any atom is -0.481 e. The molecule has 2 aromatic rings. The van der Waals surface area contributed by atoms with Gasteiger partial charge in [0.25, 0.3) is 5.56 Å². The molecule has 6 heteroatoms. The van der Waals surface area contributed by atoms with Crippen molar-refractivity contribution in [2.75, 3.05) is 5.73 Å². The minimum atomic E-state index is -1.07. The van der Waals surface area contributed by atoms with Gasteiger partial charge in [-0.2, -0.15) is 0 Å². The molecule has 0 bridgehead atoms. The Labute approximate surface area is 90.0 Å². The van der Waals surface area contributed by atoms with Gasteiger partial charge in [0.15, 0.2) is 5.65 Å². The molecule has 0 aliphatic rings. The van der Waals surface area contributed by atoms with Crippen LogP contribution in [-0.4, -0.2) is 20.5 Å². The van der Waals surface area contributed by atoms with Gasteiger partial charge < -0.3 is 10.8 Å². The van der Waals surface area contributed by atoms with Crippen molar-refractivity contribution < 1.29 is 9.90 Å². The Morgan fingerprint density at radius 2 is 2.31 bits per heavy atom. The highest BCUT2D eigenvalue weighted by molar-refractivity contribution is 5.70. The van der Waals surface area contributed by atoms with E-state index in [0.29, 0.717) is 11.3 Å². The molecule has 2 rings (SSSR count). The van der Waals surface area contributed by atoms with Crippen molar-refractivity contribution in [3.63, 3.8) is 0 Å². The molecule has 0 unspecified atom stereocenters. The SMILES string of the molecule is Nc1cccn2c(=O)c(CC(=O)O)cnc12. The van der Waals surface area contributed by atoms with Gasteiger partial charge in [-0.25, -0.2) is 4.98 Å². The van der Waals surface area contributed by atoms with E-state index in [2.05, 4.69) is 4.98 Å². The lowest BCUT2D eigenvalue weighted by Crippen LogP contribution is -2.22. The number of carboxylic acids is 1. The van der Waals surface area contributed by atoms with Gasteiger partial charge in [-0.1, -0.05) is 0 Å². The van der Waals surface area contributed by atoms with Crippen LogP contribution in [-0.2, 0) is 11.2 Å². The molecule has 16 heavy (non-hydrogen) atoms. The zero-order valence-corrected chi connectivity index (χ0v) is 8.25. The predicted octanol–water partition coefficient (Wildman–Crippen LogP) is -0.0962. The molecule has 3 N–H and O–H groups in total. The summed E-state index contributed by atoms with van der Waals surface area (Å²) >= 11 is 0. The highest BCUT2D eigenvalue weighted by Crippen LogP contribution is 2.07. The standard InChI is InChI=1S/C10H9N3O3/c11-7-2-1-3-13-9(7)12-5-6(10(13)16)4-8(14)15/h1-3,5H,4,11H2,(H,14,15). The second-order valence-electron chi connectivity index (χ2n) is 3.32. The monoisotopic (exact) mass is 219 g/mol. The van der Waals surface area contributed by atoms with Crippen LogP contribution in [0.4, 0.5) is 5.69 Å². The summed E-state index contributed by atoms with van der Waals surface area (Å²) in [4.78, 5) is 26.3. The second-order valence-corrected chi connectivity index (χ2v) is 3.32. The van der Waals surface area contributed by atoms with E-state index in [1.165, 1.54) is 16.8 Å². The smallest absolute Gasteiger partial charge is 0.308 e. The number of carbonyl (C=O) groups is 1. The number of aliphatic carboxylic acids is 1. The summed E-state index contributed by atoms with van der Waals surface area (Å²) < 4.78 is 1.24. The lowest BCUT2D eigenvalue weighted by molar-refractivity contribution is -0.136. The molecule has 6 nitrogen and oxygen atoms in total. The minimum absolute atomic E-state index is 0.135. The lowest BCUT2D eigenvalue weighted by atomic mass is 10.2. The van der Waals surface area contributed by atoms with E-state index in [1.54, 1.807) is 12.1 Å². The van der Waals surface area contributed by atoms with Gasteiger partial charge >= 0.3 is 5.97 Å². The van der Waals surface area contributed by atoms with Crippen molar-refractivity contribution in [1.82, 2.24) is 9.38 Å². The number of anilines is 1. The zero-order chi connectivity index (χ0) is 11.7. The molecule has 0 radical (unpaired) electrons. The molecule has 0 aromatic carbocycles. The Kier molecular flexibility index (Phi) is 2.32. The van der Waals surface area contributed by atoms with E-state index in [-0.39, 0.29) is 12.0 Å². The van der Waals surface area contributed by atoms with E-state index in [1.807, 2.05) is 0 Å². The molecule has 0 spiro atoms. The summed E-state index contributed by atoms with van der Waals surface area (Å²) in [6.07, 6.45) is 2.41. The molecule has 0 aliphatic carbocycles. The predicted molar refractivity (Wildman–Crippen MR) is 57.2 cm³/mol. The first kappa shape index (κ1) is 10.2. The highest BCUT2D eigenvalue weighted by atomic mass is 16.4. The van der Waals surface area contributed by atoms with Crippen LogP contribution < -0.4 is 11.3 Å². The van der Waals surface area contributed by atoms with E-state index in [0.717, 1.165) is 0 Å². The number of hydrogen-bond acceptors (Lipinski definition) is 4. The van der Waals surface area contributed by atoms with Crippen LogP contribution in [0.2, 0.25) is 0 Å². The fourth-order valence-electron chi connectivity index (χ4n) is 1.45. The first-order valence-electron chi connectivity index (χ1n) is 4.56. The van der Waals surface area contributed by atoms with Crippen LogP contribution in [0.3, 0.4) is 0 Å². The van der Waals surface area contributed by atoms with Crippen molar-refractivity contribution in [3.8, 4) is 0 Å². The maximum absolute atomic E-state index is 11.8. The van der Waals surface area contributed by atoms with Crippen LogP contribution in [0, 0.1) is 0 Å². The number of carboxylic acid groups (broad SMARTS) is 1. The number of aromatic nitrogens is 2. The van der Waals surface area contributed by atoms with Gasteiger partial charge in [0, 0.05) is 18.0 Å². The molecular formula is C10H9N3O3. The number of rotatable bonds is 2. The molecule has 0 amide bonds. The first-order chi connectivity index (χ1) is 7.59. The normalized spacial score (nSPS) is 10.5. The van der Waals surface area contributed by atoms with E-state index in [4.69, 9.17) is 10.8 Å². The molecule has 0 saturated heterocycles. The highest BCUT2D eigenvalue weighted by Gasteiger charge is 2.09. The van der Waals surface area contributed by atoms with Crippen molar-refractivity contribution >= 4 is 17.3 Å². The van der Waals surface area contributed by atoms with Crippen LogP contribution in [0.1, 0.15) is 5.56 Å². The number of nitrogens with two attached hydrogens (primary N) is 1. The van der Waals surface area contributed by atoms with Gasteiger partial charge in [-0.05, 0) is 12.1 Å². The summed E-state index contributed by atoms with van der Waals surface area (Å²) in [6, 6.07) is 3.23. The van der Waals surface area contributed by atoms with Gasteiger partial charge in [0.1, 0.15) is 0 Å². The van der Waals surface area contributed by atoms with Crippen LogP contribution in [0.15, 0.2) is 29.3 Å². The third-order valence-electron chi connectivity index (χ3n) is 2.18. The number of fused-ring (bicyclic) bond motifs is 1. The van der Waals surface area contributed by atoms with Crippen molar-refractivity contribution in [2.24, 2.45) is 0 Å². The topological polar surface area (TPSA) is 97.7 Å². The average Bonchev–Trinajstić information content (AvgIpc) is 2.23. The molecule has 0 saturated carbocycles. The summed E-state index contributed by atoms with van der Waals surface area (Å²) in [6.45, 7) is 0. The Morgan fingerprint density at radius 1 is 1.56 bits per heavy atom. The van der Waals surface area contributed by atoms with Crippen molar-refractivity contribution in [3.05, 3.63) is 40.4 Å². The van der Waals surface area contributed by atoms with Crippen LogP contribution >= 0.6 is 0 Å². The third kappa shape index (κ3) is 1.60. The van der Waals surface area contributed by atoms with Gasteiger partial charge in [-0.3, -0.25) is 14.0 Å². The fraction of sp³-hybridized carbons (Fsp3) is 0.100. The van der Waals surface area contributed by atoms with Crippen molar-refractivity contribution in [2.45, 2.75) is 6.42 Å². The zero-order valence-electron chi connectivity index (χ0n) is 8.25. The van der Waals surface area contributed by atoms with Gasteiger partial charge in [0.05, 0.1) is 12.1 Å². The van der Waals surface area contributed by atoms with E-state index < -0.39 is 11.5 Å². The molecule has 82 valence electrons. The summed E-state index contributed by atoms with van der Waals surface area (Å²) in [5.74, 6) is -1.07. The van der Waals surface area contributed by atoms with Crippen LogP contribution in [0.5, 0.6) is 0 Å². The number of nitrogens with zero attached hydrogens (tertiary/aromatic N) is 2. The largest absolute Gasteiger partial charge is 0.481 e. The maximum Gasteiger partial charge on any atom is 0.308 e. The Balaban J connectivity index is 2.71. The quantitative estimate of drug-likeness (QED) is 0.735. The number of hydrogen-bond donors (Lipinski definition) is 2. The Morgan fingerprint density at radius 3 is 3.00 bits per heavy atom. The molecule has 2 aromatic heterocycles. The maximum atomic E-state index is 11.8. The number of pyridine rings is 1. The van der Waals surface area contributed by atoms with E-state index >= 15 is 0 Å². The fourth-order valence-corrected chi connectivity index (χ4v) is 1.45. The lowest BCUT2D eigenvalue weighted by Gasteiger charge is -2.03.